The molecule has 0 aromatic heterocycles. The van der Waals surface area contributed by atoms with Crippen molar-refractivity contribution in [1.82, 2.24) is 4.31 Å². The molecule has 0 N–H and O–H groups in total. The van der Waals surface area contributed by atoms with Crippen molar-refractivity contribution in [2.24, 2.45) is 16.2 Å². The molecule has 18 heavy (non-hydrogen) atoms. The minimum Gasteiger partial charge on any atom is -0.272 e. The number of rotatable bonds is 1. The van der Waals surface area contributed by atoms with Gasteiger partial charge in [0, 0.05) is 10.7 Å². The maximum atomic E-state index is 11.9. The topological polar surface area (TPSA) is 54.5 Å². The molecule has 1 heterocycles. The Hall–Kier alpha value is -0.550. The lowest BCUT2D eigenvalue weighted by Crippen LogP contribution is -2.57. The van der Waals surface area contributed by atoms with E-state index in [9.17, 15) is 13.2 Å². The molecule has 0 aromatic rings. The summed E-state index contributed by atoms with van der Waals surface area (Å²) in [7, 11) is 1.31. The van der Waals surface area contributed by atoms with Crippen molar-refractivity contribution in [2.75, 3.05) is 0 Å². The van der Waals surface area contributed by atoms with E-state index in [1.165, 1.54) is 0 Å². The molecule has 1 aliphatic heterocycles. The lowest BCUT2D eigenvalue weighted by molar-refractivity contribution is -0.141. The number of hydrogen-bond donors (Lipinski definition) is 0. The van der Waals surface area contributed by atoms with E-state index in [-0.39, 0.29) is 10.8 Å². The molecule has 1 aliphatic carbocycles. The van der Waals surface area contributed by atoms with Gasteiger partial charge in [0.05, 0.1) is 11.1 Å². The number of nitrogens with zero attached hydrogens (tertiary/aromatic N) is 1. The van der Waals surface area contributed by atoms with Crippen LogP contribution < -0.4 is 0 Å². The molecular formula is C12H18ClNO3S. The SMILES string of the molecule is CC1(C)C(=O)N(S(=O)(=O)Cl)C1=C1C(C)(C)C1(C)C. The van der Waals surface area contributed by atoms with Gasteiger partial charge in [0.25, 0.3) is 5.91 Å². The maximum absolute atomic E-state index is 11.9. The van der Waals surface area contributed by atoms with Crippen LogP contribution in [0.25, 0.3) is 0 Å². The highest BCUT2D eigenvalue weighted by atomic mass is 35.7. The maximum Gasteiger partial charge on any atom is 0.328 e. The van der Waals surface area contributed by atoms with Gasteiger partial charge in [-0.15, -0.1) is 0 Å². The Morgan fingerprint density at radius 1 is 1.00 bits per heavy atom. The second kappa shape index (κ2) is 3.12. The van der Waals surface area contributed by atoms with Gasteiger partial charge in [-0.1, -0.05) is 27.7 Å². The van der Waals surface area contributed by atoms with Crippen molar-refractivity contribution in [3.8, 4) is 0 Å². The summed E-state index contributed by atoms with van der Waals surface area (Å²) in [6.07, 6.45) is 0. The molecule has 0 unspecified atom stereocenters. The molecule has 2 fully saturated rings. The summed E-state index contributed by atoms with van der Waals surface area (Å²) in [6, 6.07) is 0. The molecule has 1 saturated carbocycles. The third-order valence-corrected chi connectivity index (χ3v) is 5.92. The van der Waals surface area contributed by atoms with E-state index in [2.05, 4.69) is 0 Å². The first-order valence-corrected chi connectivity index (χ1v) is 8.09. The first-order chi connectivity index (χ1) is 7.77. The predicted molar refractivity (Wildman–Crippen MR) is 70.0 cm³/mol. The summed E-state index contributed by atoms with van der Waals surface area (Å²) in [4.78, 5) is 11.9. The smallest absolute Gasteiger partial charge is 0.272 e. The minimum absolute atomic E-state index is 0.111. The zero-order valence-electron chi connectivity index (χ0n) is 11.5. The van der Waals surface area contributed by atoms with Crippen LogP contribution in [0.5, 0.6) is 0 Å². The molecule has 6 heteroatoms. The van der Waals surface area contributed by atoms with Crippen LogP contribution >= 0.6 is 10.7 Å². The lowest BCUT2D eigenvalue weighted by Gasteiger charge is -2.45. The highest BCUT2D eigenvalue weighted by Gasteiger charge is 2.68. The Morgan fingerprint density at radius 2 is 1.39 bits per heavy atom. The highest BCUT2D eigenvalue weighted by molar-refractivity contribution is 8.12. The molecule has 0 bridgehead atoms. The number of allylic oxidation sites excluding steroid dienone is 1. The van der Waals surface area contributed by atoms with Crippen molar-refractivity contribution in [3.63, 3.8) is 0 Å². The van der Waals surface area contributed by atoms with Crippen LogP contribution in [0.2, 0.25) is 0 Å². The van der Waals surface area contributed by atoms with Crippen molar-refractivity contribution in [2.45, 2.75) is 41.5 Å². The van der Waals surface area contributed by atoms with Crippen LogP contribution in [0.1, 0.15) is 41.5 Å². The van der Waals surface area contributed by atoms with Crippen LogP contribution in [0.3, 0.4) is 0 Å². The van der Waals surface area contributed by atoms with Crippen molar-refractivity contribution in [3.05, 3.63) is 11.3 Å². The van der Waals surface area contributed by atoms with Gasteiger partial charge in [-0.3, -0.25) is 4.79 Å². The molecular weight excluding hydrogens is 274 g/mol. The van der Waals surface area contributed by atoms with Gasteiger partial charge < -0.3 is 0 Å². The first kappa shape index (κ1) is 13.9. The van der Waals surface area contributed by atoms with Gasteiger partial charge >= 0.3 is 9.24 Å². The summed E-state index contributed by atoms with van der Waals surface area (Å²) < 4.78 is 23.8. The van der Waals surface area contributed by atoms with Gasteiger partial charge in [0.2, 0.25) is 0 Å². The Bertz CT molecular complexity index is 568. The van der Waals surface area contributed by atoms with Gasteiger partial charge in [0.1, 0.15) is 0 Å². The van der Waals surface area contributed by atoms with E-state index in [4.69, 9.17) is 10.7 Å². The van der Waals surface area contributed by atoms with Gasteiger partial charge in [0.15, 0.2) is 0 Å². The van der Waals surface area contributed by atoms with E-state index in [1.807, 2.05) is 27.7 Å². The van der Waals surface area contributed by atoms with Gasteiger partial charge in [-0.25, -0.2) is 0 Å². The summed E-state index contributed by atoms with van der Waals surface area (Å²) in [5, 5.41) is 0. The molecule has 1 amide bonds. The summed E-state index contributed by atoms with van der Waals surface area (Å²) in [5.74, 6) is -0.460. The fourth-order valence-electron chi connectivity index (χ4n) is 2.90. The second-order valence-corrected chi connectivity index (χ2v) is 8.97. The normalized spacial score (nSPS) is 28.2. The van der Waals surface area contributed by atoms with Crippen LogP contribution in [0, 0.1) is 16.2 Å². The molecule has 0 atom stereocenters. The monoisotopic (exact) mass is 291 g/mol. The van der Waals surface area contributed by atoms with E-state index >= 15 is 0 Å². The van der Waals surface area contributed by atoms with Crippen molar-refractivity contribution >= 4 is 25.8 Å². The average Bonchev–Trinajstić information content (AvgIpc) is 2.51. The molecule has 4 nitrogen and oxygen atoms in total. The molecule has 102 valence electrons. The van der Waals surface area contributed by atoms with E-state index < -0.39 is 20.6 Å². The quantitative estimate of drug-likeness (QED) is 0.551. The molecule has 2 rings (SSSR count). The fraction of sp³-hybridized carbons (Fsp3) is 0.750. The Kier molecular flexibility index (Phi) is 2.41. The number of carbonyl (C=O) groups excluding carboxylic acids is 1. The average molecular weight is 292 g/mol. The predicted octanol–water partition coefficient (Wildman–Crippen LogP) is 2.66. The van der Waals surface area contributed by atoms with E-state index in [0.717, 1.165) is 9.88 Å². The first-order valence-electron chi connectivity index (χ1n) is 5.82. The van der Waals surface area contributed by atoms with Crippen LogP contribution in [0.15, 0.2) is 11.3 Å². The molecule has 0 aromatic carbocycles. The standard InChI is InChI=1S/C12H18ClNO3S/c1-10(2)8(7-11(3,4)12(7,5)6)14(9(10)15)18(13,16)17/h1-6H3. The summed E-state index contributed by atoms with van der Waals surface area (Å²) in [6.45, 7) is 11.7. The Morgan fingerprint density at radius 3 is 1.67 bits per heavy atom. The van der Waals surface area contributed by atoms with Crippen LogP contribution in [0.4, 0.5) is 0 Å². The van der Waals surface area contributed by atoms with Crippen LogP contribution in [-0.4, -0.2) is 18.6 Å². The number of amides is 1. The number of carbonyl (C=O) groups is 1. The number of halogens is 1. The third kappa shape index (κ3) is 1.37. The third-order valence-electron chi connectivity index (χ3n) is 4.72. The van der Waals surface area contributed by atoms with Crippen LogP contribution in [-0.2, 0) is 14.0 Å². The molecule has 2 aliphatic rings. The van der Waals surface area contributed by atoms with E-state index in [1.54, 1.807) is 13.8 Å². The fourth-order valence-corrected chi connectivity index (χ4v) is 4.26. The second-order valence-electron chi connectivity index (χ2n) is 6.61. The van der Waals surface area contributed by atoms with Crippen molar-refractivity contribution < 1.29 is 13.2 Å². The van der Waals surface area contributed by atoms with Gasteiger partial charge in [-0.2, -0.15) is 12.7 Å². The Balaban J connectivity index is 2.65. The molecule has 0 spiro atoms. The zero-order valence-corrected chi connectivity index (χ0v) is 13.0. The highest BCUT2D eigenvalue weighted by Crippen LogP contribution is 2.72. The zero-order chi connectivity index (χ0) is 14.3. The summed E-state index contributed by atoms with van der Waals surface area (Å²) in [5.41, 5.74) is 0.559. The van der Waals surface area contributed by atoms with Gasteiger partial charge in [-0.05, 0) is 30.3 Å². The summed E-state index contributed by atoms with van der Waals surface area (Å²) >= 11 is 0. The molecule has 1 saturated heterocycles. The molecule has 0 radical (unpaired) electrons. The number of hydrogen-bond acceptors (Lipinski definition) is 3. The van der Waals surface area contributed by atoms with Crippen molar-refractivity contribution in [1.29, 1.82) is 0 Å². The largest absolute Gasteiger partial charge is 0.328 e. The lowest BCUT2D eigenvalue weighted by atomic mass is 9.79. The minimum atomic E-state index is -4.04. The van der Waals surface area contributed by atoms with E-state index in [0.29, 0.717) is 5.70 Å². The Labute approximate surface area is 113 Å². The number of β-lactam (4-membered cyclic amide) rings is 1.